The van der Waals surface area contributed by atoms with Crippen LogP contribution < -0.4 is 4.74 Å². The molecule has 0 aliphatic heterocycles. The summed E-state index contributed by atoms with van der Waals surface area (Å²) < 4.78 is 45.1. The summed E-state index contributed by atoms with van der Waals surface area (Å²) in [5, 5.41) is 16.7. The maximum atomic E-state index is 13.0. The van der Waals surface area contributed by atoms with E-state index in [0.29, 0.717) is 11.3 Å². The molecule has 0 amide bonds. The summed E-state index contributed by atoms with van der Waals surface area (Å²) in [7, 11) is 1.44. The summed E-state index contributed by atoms with van der Waals surface area (Å²) in [6, 6.07) is 10.8. The van der Waals surface area contributed by atoms with Crippen molar-refractivity contribution >= 4 is 5.97 Å². The second-order valence-corrected chi connectivity index (χ2v) is 5.28. The predicted molar refractivity (Wildman–Crippen MR) is 85.3 cm³/mol. The lowest BCUT2D eigenvalue weighted by Crippen LogP contribution is -2.08. The molecule has 0 bridgehead atoms. The number of carboxylic acid groups (broad SMARTS) is 1. The monoisotopic (exact) mass is 363 g/mol. The van der Waals surface area contributed by atoms with Gasteiger partial charge in [0, 0.05) is 5.56 Å². The molecule has 6 nitrogen and oxygen atoms in total. The molecule has 26 heavy (non-hydrogen) atoms. The Balaban J connectivity index is 2.22. The van der Waals surface area contributed by atoms with E-state index < -0.39 is 17.7 Å². The van der Waals surface area contributed by atoms with E-state index in [1.165, 1.54) is 19.2 Å². The van der Waals surface area contributed by atoms with E-state index in [9.17, 15) is 23.1 Å². The third-order valence-electron chi connectivity index (χ3n) is 3.63. The minimum atomic E-state index is -4.54. The molecule has 1 N–H and O–H groups in total. The number of ether oxygens (including phenoxy) is 1. The summed E-state index contributed by atoms with van der Waals surface area (Å²) >= 11 is 0. The van der Waals surface area contributed by atoms with Crippen molar-refractivity contribution in [2.45, 2.75) is 6.18 Å². The summed E-state index contributed by atoms with van der Waals surface area (Å²) in [5.41, 5.74) is -0.771. The van der Waals surface area contributed by atoms with Gasteiger partial charge in [-0.25, -0.2) is 9.48 Å². The highest BCUT2D eigenvalue weighted by atomic mass is 19.4. The quantitative estimate of drug-likeness (QED) is 0.765. The zero-order chi connectivity index (χ0) is 18.9. The molecule has 3 rings (SSSR count). The number of rotatable bonds is 4. The summed E-state index contributed by atoms with van der Waals surface area (Å²) in [4.78, 5) is 11.5. The van der Waals surface area contributed by atoms with E-state index in [1.807, 2.05) is 0 Å². The van der Waals surface area contributed by atoms with Crippen LogP contribution in [-0.4, -0.2) is 33.2 Å². The molecule has 0 radical (unpaired) electrons. The fraction of sp³-hybridized carbons (Fsp3) is 0.118. The van der Waals surface area contributed by atoms with E-state index in [2.05, 4.69) is 10.3 Å². The maximum absolute atomic E-state index is 13.0. The molecule has 134 valence electrons. The fourth-order valence-corrected chi connectivity index (χ4v) is 2.45. The number of aromatic nitrogens is 3. The number of methoxy groups -OCH3 is 1. The van der Waals surface area contributed by atoms with Crippen LogP contribution in [0.3, 0.4) is 0 Å². The summed E-state index contributed by atoms with van der Waals surface area (Å²) in [5.74, 6) is -0.892. The van der Waals surface area contributed by atoms with Crippen molar-refractivity contribution in [2.24, 2.45) is 0 Å². The van der Waals surface area contributed by atoms with Gasteiger partial charge in [-0.15, -0.1) is 5.10 Å². The van der Waals surface area contributed by atoms with Crippen molar-refractivity contribution in [1.29, 1.82) is 0 Å². The van der Waals surface area contributed by atoms with Gasteiger partial charge < -0.3 is 9.84 Å². The second-order valence-electron chi connectivity index (χ2n) is 5.28. The van der Waals surface area contributed by atoms with Crippen molar-refractivity contribution in [3.63, 3.8) is 0 Å². The van der Waals surface area contributed by atoms with E-state index in [0.717, 1.165) is 16.8 Å². The fourth-order valence-electron chi connectivity index (χ4n) is 2.45. The number of halogens is 3. The van der Waals surface area contributed by atoms with Crippen LogP contribution in [0.25, 0.3) is 16.9 Å². The number of nitrogens with zero attached hydrogens (tertiary/aromatic N) is 3. The molecule has 2 aromatic carbocycles. The first kappa shape index (κ1) is 17.5. The number of benzene rings is 2. The first-order chi connectivity index (χ1) is 12.3. The van der Waals surface area contributed by atoms with Gasteiger partial charge in [-0.1, -0.05) is 23.4 Å². The predicted octanol–water partition coefficient (Wildman–Crippen LogP) is 3.66. The van der Waals surface area contributed by atoms with Gasteiger partial charge in [-0.05, 0) is 30.3 Å². The Morgan fingerprint density at radius 3 is 2.54 bits per heavy atom. The minimum Gasteiger partial charge on any atom is -0.497 e. The zero-order valence-corrected chi connectivity index (χ0v) is 13.4. The van der Waals surface area contributed by atoms with Gasteiger partial charge >= 0.3 is 12.1 Å². The van der Waals surface area contributed by atoms with Crippen molar-refractivity contribution in [1.82, 2.24) is 15.0 Å². The number of hydrogen-bond donors (Lipinski definition) is 1. The Hall–Kier alpha value is -3.36. The number of carboxylic acids is 1. The Labute approximate surface area is 145 Å². The van der Waals surface area contributed by atoms with Crippen LogP contribution in [-0.2, 0) is 6.18 Å². The Morgan fingerprint density at radius 2 is 1.88 bits per heavy atom. The van der Waals surface area contributed by atoms with Crippen LogP contribution in [0.15, 0.2) is 48.5 Å². The number of carbonyl (C=O) groups is 1. The van der Waals surface area contributed by atoms with Crippen LogP contribution in [0.2, 0.25) is 0 Å². The molecule has 0 aliphatic carbocycles. The number of alkyl halides is 3. The highest BCUT2D eigenvalue weighted by Gasteiger charge is 2.31. The van der Waals surface area contributed by atoms with Crippen molar-refractivity contribution < 1.29 is 27.8 Å². The summed E-state index contributed by atoms with van der Waals surface area (Å²) in [6.45, 7) is 0. The lowest BCUT2D eigenvalue weighted by atomic mass is 10.1. The Morgan fingerprint density at radius 1 is 1.15 bits per heavy atom. The molecule has 9 heteroatoms. The molecule has 0 atom stereocenters. The Kier molecular flexibility index (Phi) is 4.37. The standard InChI is InChI=1S/C17H12F3N3O3/c1-26-13-7-2-4-10(8-13)15-14(16(24)25)21-22-23(15)12-6-3-5-11(9-12)17(18,19)20/h2-9H,1H3,(H,24,25). The zero-order valence-electron chi connectivity index (χ0n) is 13.4. The topological polar surface area (TPSA) is 77.2 Å². The smallest absolute Gasteiger partial charge is 0.416 e. The van der Waals surface area contributed by atoms with Gasteiger partial charge in [0.2, 0.25) is 0 Å². The molecular weight excluding hydrogens is 351 g/mol. The summed E-state index contributed by atoms with van der Waals surface area (Å²) in [6.07, 6.45) is -4.54. The third kappa shape index (κ3) is 3.23. The van der Waals surface area contributed by atoms with Gasteiger partial charge in [0.25, 0.3) is 0 Å². The Bertz CT molecular complexity index is 967. The van der Waals surface area contributed by atoms with Crippen LogP contribution in [0.5, 0.6) is 5.75 Å². The van der Waals surface area contributed by atoms with Crippen molar-refractivity contribution in [2.75, 3.05) is 7.11 Å². The number of hydrogen-bond acceptors (Lipinski definition) is 4. The molecule has 3 aromatic rings. The maximum Gasteiger partial charge on any atom is 0.416 e. The molecule has 0 saturated carbocycles. The molecule has 1 heterocycles. The lowest BCUT2D eigenvalue weighted by Gasteiger charge is -2.11. The van der Waals surface area contributed by atoms with Crippen LogP contribution in [0.1, 0.15) is 16.1 Å². The van der Waals surface area contributed by atoms with E-state index >= 15 is 0 Å². The SMILES string of the molecule is COc1cccc(-c2c(C(=O)O)nnn2-c2cccc(C(F)(F)F)c2)c1. The van der Waals surface area contributed by atoms with Crippen LogP contribution >= 0.6 is 0 Å². The van der Waals surface area contributed by atoms with Gasteiger partial charge in [0.15, 0.2) is 5.69 Å². The second kappa shape index (κ2) is 6.51. The first-order valence-electron chi connectivity index (χ1n) is 7.32. The molecule has 1 aromatic heterocycles. The molecule has 0 fully saturated rings. The van der Waals surface area contributed by atoms with E-state index in [1.54, 1.807) is 24.3 Å². The number of aromatic carboxylic acids is 1. The van der Waals surface area contributed by atoms with Crippen molar-refractivity contribution in [3.05, 3.63) is 59.8 Å². The van der Waals surface area contributed by atoms with E-state index in [4.69, 9.17) is 4.74 Å². The molecular formula is C17H12F3N3O3. The average molecular weight is 363 g/mol. The highest BCUT2D eigenvalue weighted by molar-refractivity contribution is 5.93. The average Bonchev–Trinajstić information content (AvgIpc) is 3.06. The molecule has 0 aliphatic rings. The minimum absolute atomic E-state index is 0.0395. The van der Waals surface area contributed by atoms with Gasteiger partial charge in [-0.2, -0.15) is 13.2 Å². The van der Waals surface area contributed by atoms with Gasteiger partial charge in [0.1, 0.15) is 11.4 Å². The van der Waals surface area contributed by atoms with Crippen LogP contribution in [0, 0.1) is 0 Å². The molecule has 0 unspecified atom stereocenters. The normalized spacial score (nSPS) is 11.4. The first-order valence-corrected chi connectivity index (χ1v) is 7.32. The molecule has 0 spiro atoms. The van der Waals surface area contributed by atoms with Gasteiger partial charge in [0.05, 0.1) is 18.4 Å². The lowest BCUT2D eigenvalue weighted by molar-refractivity contribution is -0.137. The van der Waals surface area contributed by atoms with Gasteiger partial charge in [-0.3, -0.25) is 0 Å². The largest absolute Gasteiger partial charge is 0.497 e. The molecule has 0 saturated heterocycles. The van der Waals surface area contributed by atoms with Crippen molar-refractivity contribution in [3.8, 4) is 22.7 Å². The van der Waals surface area contributed by atoms with E-state index in [-0.39, 0.29) is 17.1 Å². The third-order valence-corrected chi connectivity index (χ3v) is 3.63. The van der Waals surface area contributed by atoms with Crippen LogP contribution in [0.4, 0.5) is 13.2 Å². The highest BCUT2D eigenvalue weighted by Crippen LogP contribution is 2.32.